The van der Waals surface area contributed by atoms with Crippen molar-refractivity contribution >= 4 is 11.6 Å². The maximum absolute atomic E-state index is 12.2. The fraction of sp³-hybridized carbons (Fsp3) is 0.435. The van der Waals surface area contributed by atoms with Crippen LogP contribution < -0.4 is 24.8 Å². The second kappa shape index (κ2) is 11.0. The molecule has 0 aromatic heterocycles. The first-order chi connectivity index (χ1) is 15.0. The molecule has 2 aromatic rings. The first-order valence-corrected chi connectivity index (χ1v) is 10.2. The van der Waals surface area contributed by atoms with Crippen LogP contribution in [0.5, 0.6) is 17.2 Å². The minimum Gasteiger partial charge on any atom is -0.493 e. The standard InChI is InChI=1S/C23H30N2O6/c1-28-19-10-15(11-20(29-2)22(19)30-3)8-9-24-13-17(26)14-31-21-12-16-6-4-5-7-18(16)25-23(21)27/h4-7,10-11,17,21,24,26H,8-9,12-14H2,1-3H3,(H,25,27). The van der Waals surface area contributed by atoms with Gasteiger partial charge in [0.15, 0.2) is 11.5 Å². The molecule has 1 aliphatic rings. The van der Waals surface area contributed by atoms with Crippen LogP contribution >= 0.6 is 0 Å². The number of rotatable bonds is 11. The summed E-state index contributed by atoms with van der Waals surface area (Å²) in [5.74, 6) is 1.60. The number of anilines is 1. The Kier molecular flexibility index (Phi) is 8.11. The van der Waals surface area contributed by atoms with E-state index in [4.69, 9.17) is 18.9 Å². The molecule has 0 spiro atoms. The van der Waals surface area contributed by atoms with Crippen molar-refractivity contribution in [1.29, 1.82) is 0 Å². The molecule has 3 N–H and O–H groups in total. The van der Waals surface area contributed by atoms with Gasteiger partial charge in [-0.1, -0.05) is 18.2 Å². The van der Waals surface area contributed by atoms with Crippen molar-refractivity contribution in [3.05, 3.63) is 47.5 Å². The number of amides is 1. The van der Waals surface area contributed by atoms with Gasteiger partial charge in [-0.25, -0.2) is 0 Å². The highest BCUT2D eigenvalue weighted by molar-refractivity contribution is 5.97. The van der Waals surface area contributed by atoms with Crippen LogP contribution in [0.15, 0.2) is 36.4 Å². The number of fused-ring (bicyclic) bond motifs is 1. The predicted octanol–water partition coefficient (Wildman–Crippen LogP) is 1.79. The Morgan fingerprint density at radius 3 is 2.52 bits per heavy atom. The van der Waals surface area contributed by atoms with Gasteiger partial charge in [0, 0.05) is 18.7 Å². The minimum absolute atomic E-state index is 0.0808. The molecular weight excluding hydrogens is 400 g/mol. The summed E-state index contributed by atoms with van der Waals surface area (Å²) in [7, 11) is 4.74. The van der Waals surface area contributed by atoms with Crippen LogP contribution in [0.3, 0.4) is 0 Å². The van der Waals surface area contributed by atoms with Gasteiger partial charge in [-0.2, -0.15) is 0 Å². The van der Waals surface area contributed by atoms with Crippen LogP contribution in [0, 0.1) is 0 Å². The summed E-state index contributed by atoms with van der Waals surface area (Å²) >= 11 is 0. The second-order valence-electron chi connectivity index (χ2n) is 7.31. The highest BCUT2D eigenvalue weighted by Crippen LogP contribution is 2.38. The van der Waals surface area contributed by atoms with Crippen LogP contribution in [0.25, 0.3) is 0 Å². The van der Waals surface area contributed by atoms with Crippen molar-refractivity contribution in [2.75, 3.05) is 46.3 Å². The van der Waals surface area contributed by atoms with E-state index in [0.29, 0.717) is 43.2 Å². The van der Waals surface area contributed by atoms with Crippen LogP contribution in [-0.4, -0.2) is 64.2 Å². The van der Waals surface area contributed by atoms with Gasteiger partial charge in [-0.15, -0.1) is 0 Å². The molecule has 1 amide bonds. The molecule has 0 saturated heterocycles. The van der Waals surface area contributed by atoms with Crippen molar-refractivity contribution in [3.8, 4) is 17.2 Å². The molecule has 0 saturated carbocycles. The molecule has 0 bridgehead atoms. The number of carbonyl (C=O) groups is 1. The molecular formula is C23H30N2O6. The van der Waals surface area contributed by atoms with E-state index in [1.165, 1.54) is 0 Å². The van der Waals surface area contributed by atoms with Gasteiger partial charge < -0.3 is 34.7 Å². The first kappa shape index (κ1) is 22.9. The van der Waals surface area contributed by atoms with E-state index in [1.54, 1.807) is 21.3 Å². The Balaban J connectivity index is 1.42. The number of methoxy groups -OCH3 is 3. The van der Waals surface area contributed by atoms with Crippen LogP contribution in [0.2, 0.25) is 0 Å². The topological polar surface area (TPSA) is 98.3 Å². The molecule has 0 aliphatic carbocycles. The van der Waals surface area contributed by atoms with Crippen molar-refractivity contribution in [2.24, 2.45) is 0 Å². The van der Waals surface area contributed by atoms with Gasteiger partial charge in [-0.3, -0.25) is 4.79 Å². The highest BCUT2D eigenvalue weighted by Gasteiger charge is 2.27. The molecule has 31 heavy (non-hydrogen) atoms. The van der Waals surface area contributed by atoms with Gasteiger partial charge in [0.05, 0.1) is 34.0 Å². The lowest BCUT2D eigenvalue weighted by atomic mass is 10.0. The number of aliphatic hydroxyl groups is 1. The SMILES string of the molecule is COc1cc(CCNCC(O)COC2Cc3ccccc3NC2=O)cc(OC)c1OC. The Morgan fingerprint density at radius 1 is 1.13 bits per heavy atom. The summed E-state index contributed by atoms with van der Waals surface area (Å²) in [6.07, 6.45) is -0.0937. The largest absolute Gasteiger partial charge is 0.493 e. The number of para-hydroxylation sites is 1. The van der Waals surface area contributed by atoms with Crippen LogP contribution in [-0.2, 0) is 22.4 Å². The molecule has 2 atom stereocenters. The molecule has 3 rings (SSSR count). The Hall–Kier alpha value is -2.81. The van der Waals surface area contributed by atoms with Crippen LogP contribution in [0.4, 0.5) is 5.69 Å². The van der Waals surface area contributed by atoms with Crippen molar-refractivity contribution in [2.45, 2.75) is 25.0 Å². The molecule has 0 radical (unpaired) electrons. The van der Waals surface area contributed by atoms with E-state index in [9.17, 15) is 9.90 Å². The van der Waals surface area contributed by atoms with E-state index in [0.717, 1.165) is 16.8 Å². The summed E-state index contributed by atoms with van der Waals surface area (Å²) < 4.78 is 21.7. The molecule has 0 fully saturated rings. The quantitative estimate of drug-likeness (QED) is 0.468. The maximum Gasteiger partial charge on any atom is 0.253 e. The summed E-state index contributed by atoms with van der Waals surface area (Å²) in [5, 5.41) is 16.3. The van der Waals surface area contributed by atoms with Crippen molar-refractivity contribution in [1.82, 2.24) is 5.32 Å². The minimum atomic E-state index is -0.718. The number of hydrogen-bond acceptors (Lipinski definition) is 7. The lowest BCUT2D eigenvalue weighted by molar-refractivity contribution is -0.129. The molecule has 168 valence electrons. The Morgan fingerprint density at radius 2 is 1.84 bits per heavy atom. The van der Waals surface area contributed by atoms with Gasteiger partial charge in [0.1, 0.15) is 6.10 Å². The number of benzene rings is 2. The lowest BCUT2D eigenvalue weighted by Gasteiger charge is -2.25. The molecule has 2 aromatic carbocycles. The Bertz CT molecular complexity index is 863. The monoisotopic (exact) mass is 430 g/mol. The number of hydrogen-bond donors (Lipinski definition) is 3. The van der Waals surface area contributed by atoms with E-state index < -0.39 is 12.2 Å². The Labute approximate surface area is 182 Å². The zero-order valence-corrected chi connectivity index (χ0v) is 18.1. The molecule has 8 nitrogen and oxygen atoms in total. The summed E-state index contributed by atoms with van der Waals surface area (Å²) in [5.41, 5.74) is 2.87. The van der Waals surface area contributed by atoms with Crippen molar-refractivity contribution in [3.63, 3.8) is 0 Å². The average molecular weight is 431 g/mol. The highest BCUT2D eigenvalue weighted by atomic mass is 16.5. The average Bonchev–Trinajstić information content (AvgIpc) is 2.79. The maximum atomic E-state index is 12.2. The van der Waals surface area contributed by atoms with Gasteiger partial charge >= 0.3 is 0 Å². The summed E-state index contributed by atoms with van der Waals surface area (Å²) in [6.45, 7) is 1.08. The number of carbonyl (C=O) groups excluding carboxylic acids is 1. The second-order valence-corrected chi connectivity index (χ2v) is 7.31. The number of nitrogens with one attached hydrogen (secondary N) is 2. The molecule has 8 heteroatoms. The zero-order valence-electron chi connectivity index (χ0n) is 18.1. The van der Waals surface area contributed by atoms with E-state index in [2.05, 4.69) is 10.6 Å². The van der Waals surface area contributed by atoms with Crippen molar-refractivity contribution < 1.29 is 28.8 Å². The van der Waals surface area contributed by atoms with Crippen LogP contribution in [0.1, 0.15) is 11.1 Å². The third kappa shape index (κ3) is 5.88. The number of aliphatic hydroxyl groups excluding tert-OH is 1. The van der Waals surface area contributed by atoms with E-state index in [-0.39, 0.29) is 12.5 Å². The smallest absolute Gasteiger partial charge is 0.253 e. The third-order valence-corrected chi connectivity index (χ3v) is 5.16. The first-order valence-electron chi connectivity index (χ1n) is 10.2. The fourth-order valence-electron chi connectivity index (χ4n) is 3.53. The van der Waals surface area contributed by atoms with E-state index in [1.807, 2.05) is 36.4 Å². The van der Waals surface area contributed by atoms with Gasteiger partial charge in [0.2, 0.25) is 5.75 Å². The number of ether oxygens (including phenoxy) is 4. The van der Waals surface area contributed by atoms with Gasteiger partial charge in [0.25, 0.3) is 5.91 Å². The fourth-order valence-corrected chi connectivity index (χ4v) is 3.53. The molecule has 1 aliphatic heterocycles. The summed E-state index contributed by atoms with van der Waals surface area (Å²) in [6, 6.07) is 11.5. The molecule has 1 heterocycles. The zero-order chi connectivity index (χ0) is 22.2. The molecule has 2 unspecified atom stereocenters. The third-order valence-electron chi connectivity index (χ3n) is 5.16. The lowest BCUT2D eigenvalue weighted by Crippen LogP contribution is -2.40. The summed E-state index contributed by atoms with van der Waals surface area (Å²) in [4.78, 5) is 12.2. The normalized spacial score (nSPS) is 16.3. The van der Waals surface area contributed by atoms with Gasteiger partial charge in [-0.05, 0) is 42.3 Å². The predicted molar refractivity (Wildman–Crippen MR) is 117 cm³/mol. The van der Waals surface area contributed by atoms with E-state index >= 15 is 0 Å².